The van der Waals surface area contributed by atoms with Crippen LogP contribution in [0.3, 0.4) is 0 Å². The van der Waals surface area contributed by atoms with Crippen LogP contribution in [0.2, 0.25) is 0 Å². The molecular formula is C18H17N7O3. The SMILES string of the molecule is O=C(O)N1CCC(c2cc(=O)[nH]c3c4c(-n5cncn5)cccc4nn23)CC1. The van der Waals surface area contributed by atoms with Crippen LogP contribution in [0.25, 0.3) is 22.2 Å². The molecule has 1 aliphatic rings. The van der Waals surface area contributed by atoms with E-state index in [1.165, 1.54) is 11.2 Å². The van der Waals surface area contributed by atoms with E-state index in [4.69, 9.17) is 10.2 Å². The lowest BCUT2D eigenvalue weighted by atomic mass is 9.93. The maximum atomic E-state index is 12.4. The van der Waals surface area contributed by atoms with E-state index in [0.29, 0.717) is 31.6 Å². The van der Waals surface area contributed by atoms with Gasteiger partial charge in [0.2, 0.25) is 0 Å². The van der Waals surface area contributed by atoms with Crippen LogP contribution in [0, 0.1) is 0 Å². The molecule has 1 aromatic carbocycles. The second kappa shape index (κ2) is 6.19. The van der Waals surface area contributed by atoms with Crippen LogP contribution >= 0.6 is 0 Å². The van der Waals surface area contributed by atoms with Crippen LogP contribution in [-0.4, -0.2) is 58.6 Å². The molecule has 3 aromatic heterocycles. The van der Waals surface area contributed by atoms with Gasteiger partial charge in [-0.2, -0.15) is 10.2 Å². The van der Waals surface area contributed by atoms with E-state index in [0.717, 1.165) is 22.3 Å². The van der Waals surface area contributed by atoms with Crippen molar-refractivity contribution >= 4 is 22.6 Å². The average Bonchev–Trinajstić information content (AvgIpc) is 3.35. The zero-order chi connectivity index (χ0) is 19.3. The largest absolute Gasteiger partial charge is 0.465 e. The van der Waals surface area contributed by atoms with Gasteiger partial charge in [0.1, 0.15) is 18.3 Å². The van der Waals surface area contributed by atoms with Gasteiger partial charge >= 0.3 is 6.09 Å². The molecule has 0 saturated carbocycles. The van der Waals surface area contributed by atoms with Crippen LogP contribution in [-0.2, 0) is 0 Å². The smallest absolute Gasteiger partial charge is 0.407 e. The van der Waals surface area contributed by atoms with Gasteiger partial charge in [-0.1, -0.05) is 6.07 Å². The van der Waals surface area contributed by atoms with E-state index < -0.39 is 6.09 Å². The Kier molecular flexibility index (Phi) is 3.64. The molecule has 1 amide bonds. The van der Waals surface area contributed by atoms with Crippen molar-refractivity contribution in [2.45, 2.75) is 18.8 Å². The molecule has 0 radical (unpaired) electrons. The molecule has 4 heterocycles. The molecule has 5 rings (SSSR count). The van der Waals surface area contributed by atoms with Crippen molar-refractivity contribution in [1.29, 1.82) is 0 Å². The van der Waals surface area contributed by atoms with E-state index in [2.05, 4.69) is 15.1 Å². The number of aromatic nitrogens is 6. The molecule has 0 unspecified atom stereocenters. The second-order valence-corrected chi connectivity index (χ2v) is 6.87. The highest BCUT2D eigenvalue weighted by atomic mass is 16.4. The Morgan fingerprint density at radius 2 is 2.07 bits per heavy atom. The first-order valence-electron chi connectivity index (χ1n) is 8.99. The van der Waals surface area contributed by atoms with Crippen LogP contribution in [0.4, 0.5) is 4.79 Å². The highest BCUT2D eigenvalue weighted by molar-refractivity contribution is 5.98. The molecule has 1 fully saturated rings. The highest BCUT2D eigenvalue weighted by Crippen LogP contribution is 2.30. The number of benzene rings is 1. The van der Waals surface area contributed by atoms with Crippen molar-refractivity contribution in [3.05, 3.63) is 53.0 Å². The van der Waals surface area contributed by atoms with Crippen molar-refractivity contribution in [3.8, 4) is 5.69 Å². The molecular weight excluding hydrogens is 362 g/mol. The zero-order valence-electron chi connectivity index (χ0n) is 14.8. The minimum absolute atomic E-state index is 0.0598. The predicted octanol–water partition coefficient (Wildman–Crippen LogP) is 1.61. The lowest BCUT2D eigenvalue weighted by Crippen LogP contribution is -2.37. The third-order valence-electron chi connectivity index (χ3n) is 5.29. The number of aromatic amines is 1. The number of hydrogen-bond acceptors (Lipinski definition) is 5. The Bertz CT molecular complexity index is 1230. The van der Waals surface area contributed by atoms with Crippen molar-refractivity contribution in [3.63, 3.8) is 0 Å². The summed E-state index contributed by atoms with van der Waals surface area (Å²) in [6, 6.07) is 7.23. The van der Waals surface area contributed by atoms with Gasteiger partial charge in [0.25, 0.3) is 5.56 Å². The quantitative estimate of drug-likeness (QED) is 0.546. The Hall–Kier alpha value is -3.69. The lowest BCUT2D eigenvalue weighted by Gasteiger charge is -2.30. The first-order chi connectivity index (χ1) is 13.6. The first kappa shape index (κ1) is 16.5. The van der Waals surface area contributed by atoms with Crippen molar-refractivity contribution in [2.24, 2.45) is 0 Å². The predicted molar refractivity (Wildman–Crippen MR) is 99.8 cm³/mol. The number of carboxylic acid groups (broad SMARTS) is 1. The minimum atomic E-state index is -0.906. The molecule has 10 heteroatoms. The molecule has 0 spiro atoms. The van der Waals surface area contributed by atoms with Crippen LogP contribution in [0.5, 0.6) is 0 Å². The summed E-state index contributed by atoms with van der Waals surface area (Å²) >= 11 is 0. The van der Waals surface area contributed by atoms with E-state index in [9.17, 15) is 9.59 Å². The number of nitrogens with one attached hydrogen (secondary N) is 1. The molecule has 0 atom stereocenters. The van der Waals surface area contributed by atoms with E-state index in [-0.39, 0.29) is 11.5 Å². The second-order valence-electron chi connectivity index (χ2n) is 6.87. The first-order valence-corrected chi connectivity index (χ1v) is 8.99. The fourth-order valence-electron chi connectivity index (χ4n) is 3.95. The summed E-state index contributed by atoms with van der Waals surface area (Å²) in [5.41, 5.74) is 2.70. The summed E-state index contributed by atoms with van der Waals surface area (Å²) in [4.78, 5) is 31.9. The van der Waals surface area contributed by atoms with Crippen LogP contribution < -0.4 is 5.56 Å². The lowest BCUT2D eigenvalue weighted by molar-refractivity contribution is 0.131. The van der Waals surface area contributed by atoms with Crippen molar-refractivity contribution in [2.75, 3.05) is 13.1 Å². The maximum absolute atomic E-state index is 12.4. The van der Waals surface area contributed by atoms with Gasteiger partial charge in [0.05, 0.1) is 22.3 Å². The number of amides is 1. The van der Waals surface area contributed by atoms with Gasteiger partial charge in [-0.15, -0.1) is 0 Å². The fourth-order valence-corrected chi connectivity index (χ4v) is 3.95. The molecule has 4 aromatic rings. The van der Waals surface area contributed by atoms with Gasteiger partial charge in [-0.05, 0) is 25.0 Å². The Labute approximate surface area is 158 Å². The van der Waals surface area contributed by atoms with E-state index >= 15 is 0 Å². The number of nitrogens with zero attached hydrogens (tertiary/aromatic N) is 6. The number of hydrogen-bond donors (Lipinski definition) is 2. The summed E-state index contributed by atoms with van der Waals surface area (Å²) in [6.45, 7) is 0.887. The van der Waals surface area contributed by atoms with Gasteiger partial charge in [0, 0.05) is 25.1 Å². The average molecular weight is 379 g/mol. The van der Waals surface area contributed by atoms with Gasteiger partial charge in [0.15, 0.2) is 0 Å². The van der Waals surface area contributed by atoms with Crippen molar-refractivity contribution < 1.29 is 9.90 Å². The maximum Gasteiger partial charge on any atom is 0.407 e. The molecule has 1 aliphatic heterocycles. The number of piperidine rings is 1. The van der Waals surface area contributed by atoms with Gasteiger partial charge in [-0.3, -0.25) is 4.79 Å². The summed E-state index contributed by atoms with van der Waals surface area (Å²) in [5, 5.41) is 18.9. The number of likely N-dealkylation sites (tertiary alicyclic amines) is 1. The monoisotopic (exact) mass is 379 g/mol. The van der Waals surface area contributed by atoms with Gasteiger partial charge in [-0.25, -0.2) is 19.0 Å². The molecule has 1 saturated heterocycles. The molecule has 2 N–H and O–H groups in total. The van der Waals surface area contributed by atoms with Crippen LogP contribution in [0.15, 0.2) is 41.7 Å². The molecule has 142 valence electrons. The minimum Gasteiger partial charge on any atom is -0.465 e. The Morgan fingerprint density at radius 3 is 2.79 bits per heavy atom. The number of carbonyl (C=O) groups is 1. The van der Waals surface area contributed by atoms with E-state index in [1.807, 2.05) is 18.2 Å². The summed E-state index contributed by atoms with van der Waals surface area (Å²) in [6.07, 6.45) is 3.45. The Balaban J connectivity index is 1.68. The third-order valence-corrected chi connectivity index (χ3v) is 5.29. The third kappa shape index (κ3) is 2.53. The summed E-state index contributed by atoms with van der Waals surface area (Å²) in [7, 11) is 0. The number of fused-ring (bicyclic) bond motifs is 3. The van der Waals surface area contributed by atoms with E-state index in [1.54, 1.807) is 21.6 Å². The highest BCUT2D eigenvalue weighted by Gasteiger charge is 2.26. The molecule has 0 bridgehead atoms. The van der Waals surface area contributed by atoms with Crippen molar-refractivity contribution in [1.82, 2.24) is 34.3 Å². The summed E-state index contributed by atoms with van der Waals surface area (Å²) in [5.74, 6) is 0.0598. The summed E-state index contributed by atoms with van der Waals surface area (Å²) < 4.78 is 3.41. The Morgan fingerprint density at radius 1 is 1.25 bits per heavy atom. The zero-order valence-corrected chi connectivity index (χ0v) is 14.8. The normalized spacial score (nSPS) is 15.5. The van der Waals surface area contributed by atoms with Crippen LogP contribution in [0.1, 0.15) is 24.5 Å². The topological polar surface area (TPSA) is 121 Å². The van der Waals surface area contributed by atoms with Gasteiger partial charge < -0.3 is 15.0 Å². The number of rotatable bonds is 2. The number of H-pyrrole nitrogens is 1. The molecule has 0 aliphatic carbocycles. The fraction of sp³-hybridized carbons (Fsp3) is 0.278. The molecule has 10 nitrogen and oxygen atoms in total. The molecule has 28 heavy (non-hydrogen) atoms. The standard InChI is InChI=1S/C18H17N7O3/c26-15-8-14(11-4-6-23(7-5-11)18(27)28)25-17(21-15)16-12(22-25)2-1-3-13(16)24-10-19-9-20-24/h1-3,8-11H,4-7H2,(H,21,26)(H,27,28).